The molecule has 2 rings (SSSR count). The fraction of sp³-hybridized carbons (Fsp3) is 1.00. The van der Waals surface area contributed by atoms with Crippen molar-refractivity contribution in [3.05, 3.63) is 0 Å². The maximum Gasteiger partial charge on any atom is 0.00429 e. The van der Waals surface area contributed by atoms with E-state index in [2.05, 4.69) is 36.5 Å². The molecule has 16 heavy (non-hydrogen) atoms. The van der Waals surface area contributed by atoms with Gasteiger partial charge in [0.25, 0.3) is 0 Å². The van der Waals surface area contributed by atoms with Crippen molar-refractivity contribution in [3.63, 3.8) is 0 Å². The monoisotopic (exact) mass is 242 g/mol. The van der Waals surface area contributed by atoms with Crippen LogP contribution in [0.25, 0.3) is 0 Å². The lowest BCUT2D eigenvalue weighted by Crippen LogP contribution is -2.43. The molecule has 0 radical (unpaired) electrons. The van der Waals surface area contributed by atoms with Crippen LogP contribution in [0.4, 0.5) is 0 Å². The third-order valence-corrected chi connectivity index (χ3v) is 5.08. The van der Waals surface area contributed by atoms with Crippen molar-refractivity contribution in [2.75, 3.05) is 46.0 Å². The SMILES string of the molecule is CN1CCC(CN(C)CC2(CS)CCC2)C1. The first-order valence-electron chi connectivity index (χ1n) is 6.61. The molecule has 0 amide bonds. The van der Waals surface area contributed by atoms with E-state index in [0.29, 0.717) is 5.41 Å². The van der Waals surface area contributed by atoms with Crippen molar-refractivity contribution in [1.82, 2.24) is 9.80 Å². The van der Waals surface area contributed by atoms with Gasteiger partial charge in [-0.05, 0) is 57.0 Å². The van der Waals surface area contributed by atoms with Gasteiger partial charge in [-0.3, -0.25) is 0 Å². The third-order valence-electron chi connectivity index (χ3n) is 4.41. The van der Waals surface area contributed by atoms with Crippen LogP contribution in [0.2, 0.25) is 0 Å². The van der Waals surface area contributed by atoms with Crippen LogP contribution in [0.5, 0.6) is 0 Å². The second-order valence-electron chi connectivity index (χ2n) is 6.13. The fourth-order valence-electron chi connectivity index (χ4n) is 3.30. The highest BCUT2D eigenvalue weighted by atomic mass is 32.1. The van der Waals surface area contributed by atoms with Crippen molar-refractivity contribution >= 4 is 12.6 Å². The van der Waals surface area contributed by atoms with Gasteiger partial charge in [0.2, 0.25) is 0 Å². The van der Waals surface area contributed by atoms with E-state index in [-0.39, 0.29) is 0 Å². The standard InChI is InChI=1S/C13H26N2S/c1-14-7-4-12(8-14)9-15(2)10-13(11-16)5-3-6-13/h12,16H,3-11H2,1-2H3. The molecule has 1 unspecified atom stereocenters. The summed E-state index contributed by atoms with van der Waals surface area (Å²) >= 11 is 4.54. The molecule has 94 valence electrons. The van der Waals surface area contributed by atoms with Crippen LogP contribution in [0.3, 0.4) is 0 Å². The molecule has 2 nitrogen and oxygen atoms in total. The molecule has 1 atom stereocenters. The average Bonchev–Trinajstić information content (AvgIpc) is 2.57. The van der Waals surface area contributed by atoms with Crippen molar-refractivity contribution in [3.8, 4) is 0 Å². The van der Waals surface area contributed by atoms with Gasteiger partial charge in [0.05, 0.1) is 0 Å². The van der Waals surface area contributed by atoms with E-state index in [9.17, 15) is 0 Å². The van der Waals surface area contributed by atoms with Gasteiger partial charge < -0.3 is 9.80 Å². The van der Waals surface area contributed by atoms with E-state index in [0.717, 1.165) is 11.7 Å². The Hall–Kier alpha value is 0.270. The van der Waals surface area contributed by atoms with E-state index >= 15 is 0 Å². The second kappa shape index (κ2) is 5.28. The fourth-order valence-corrected chi connectivity index (χ4v) is 3.71. The lowest BCUT2D eigenvalue weighted by atomic mass is 9.70. The number of nitrogens with zero attached hydrogens (tertiary/aromatic N) is 2. The Morgan fingerprint density at radius 3 is 2.62 bits per heavy atom. The molecule has 1 aliphatic carbocycles. The smallest absolute Gasteiger partial charge is 0.00429 e. The predicted molar refractivity (Wildman–Crippen MR) is 73.2 cm³/mol. The van der Waals surface area contributed by atoms with Gasteiger partial charge in [0, 0.05) is 19.6 Å². The van der Waals surface area contributed by atoms with Crippen LogP contribution in [0.15, 0.2) is 0 Å². The summed E-state index contributed by atoms with van der Waals surface area (Å²) in [6, 6.07) is 0. The quantitative estimate of drug-likeness (QED) is 0.737. The first-order chi connectivity index (χ1) is 7.63. The number of likely N-dealkylation sites (tertiary alicyclic amines) is 1. The lowest BCUT2D eigenvalue weighted by Gasteiger charge is -2.43. The highest BCUT2D eigenvalue weighted by molar-refractivity contribution is 7.80. The van der Waals surface area contributed by atoms with Gasteiger partial charge in [-0.1, -0.05) is 6.42 Å². The molecule has 0 aromatic heterocycles. The largest absolute Gasteiger partial charge is 0.306 e. The molecule has 0 aromatic carbocycles. The number of rotatable bonds is 5. The molecule has 3 heteroatoms. The van der Waals surface area contributed by atoms with E-state index in [1.165, 1.54) is 51.9 Å². The lowest BCUT2D eigenvalue weighted by molar-refractivity contribution is 0.0968. The van der Waals surface area contributed by atoms with Crippen LogP contribution < -0.4 is 0 Å². The van der Waals surface area contributed by atoms with Crippen molar-refractivity contribution in [1.29, 1.82) is 0 Å². The Bertz CT molecular complexity index is 222. The summed E-state index contributed by atoms with van der Waals surface area (Å²) in [6.07, 6.45) is 5.59. The molecule has 2 fully saturated rings. The minimum absolute atomic E-state index is 0.558. The van der Waals surface area contributed by atoms with Gasteiger partial charge in [-0.25, -0.2) is 0 Å². The molecule has 0 spiro atoms. The van der Waals surface area contributed by atoms with Crippen molar-refractivity contribution < 1.29 is 0 Å². The molecular weight excluding hydrogens is 216 g/mol. The maximum atomic E-state index is 4.54. The van der Waals surface area contributed by atoms with Gasteiger partial charge >= 0.3 is 0 Å². The van der Waals surface area contributed by atoms with E-state index < -0.39 is 0 Å². The molecule has 0 aromatic rings. The summed E-state index contributed by atoms with van der Waals surface area (Å²) in [4.78, 5) is 5.01. The first-order valence-corrected chi connectivity index (χ1v) is 7.25. The third kappa shape index (κ3) is 2.93. The Morgan fingerprint density at radius 1 is 1.44 bits per heavy atom. The molecule has 0 bridgehead atoms. The van der Waals surface area contributed by atoms with E-state index in [1.54, 1.807) is 0 Å². The zero-order valence-electron chi connectivity index (χ0n) is 10.8. The van der Waals surface area contributed by atoms with Gasteiger partial charge in [-0.2, -0.15) is 12.6 Å². The Balaban J connectivity index is 1.73. The maximum absolute atomic E-state index is 4.54. The summed E-state index contributed by atoms with van der Waals surface area (Å²) in [5.41, 5.74) is 0.558. The Morgan fingerprint density at radius 2 is 2.19 bits per heavy atom. The second-order valence-corrected chi connectivity index (χ2v) is 6.44. The van der Waals surface area contributed by atoms with Gasteiger partial charge in [-0.15, -0.1) is 0 Å². The zero-order chi connectivity index (χ0) is 11.6. The summed E-state index contributed by atoms with van der Waals surface area (Å²) in [5, 5.41) is 0. The van der Waals surface area contributed by atoms with Crippen LogP contribution in [-0.2, 0) is 0 Å². The van der Waals surface area contributed by atoms with Crippen molar-refractivity contribution in [2.24, 2.45) is 11.3 Å². The highest BCUT2D eigenvalue weighted by Gasteiger charge is 2.36. The van der Waals surface area contributed by atoms with E-state index in [1.807, 2.05) is 0 Å². The van der Waals surface area contributed by atoms with Crippen LogP contribution in [0, 0.1) is 11.3 Å². The van der Waals surface area contributed by atoms with Crippen LogP contribution in [0.1, 0.15) is 25.7 Å². The Kier molecular flexibility index (Phi) is 4.20. The predicted octanol–water partition coefficient (Wildman–Crippen LogP) is 1.97. The Labute approximate surface area is 106 Å². The molecule has 1 aliphatic heterocycles. The van der Waals surface area contributed by atoms with Gasteiger partial charge in [0.15, 0.2) is 0 Å². The minimum atomic E-state index is 0.558. The molecule has 1 saturated carbocycles. The normalized spacial score (nSPS) is 29.6. The summed E-state index contributed by atoms with van der Waals surface area (Å²) < 4.78 is 0. The molecular formula is C13H26N2S. The molecule has 2 aliphatic rings. The molecule has 1 saturated heterocycles. The van der Waals surface area contributed by atoms with Crippen molar-refractivity contribution in [2.45, 2.75) is 25.7 Å². The van der Waals surface area contributed by atoms with Gasteiger partial charge in [0.1, 0.15) is 0 Å². The zero-order valence-corrected chi connectivity index (χ0v) is 11.7. The van der Waals surface area contributed by atoms with Crippen LogP contribution in [-0.4, -0.2) is 55.8 Å². The summed E-state index contributed by atoms with van der Waals surface area (Å²) in [5.74, 6) is 1.97. The topological polar surface area (TPSA) is 6.48 Å². The first kappa shape index (κ1) is 12.7. The number of hydrogen-bond acceptors (Lipinski definition) is 3. The summed E-state index contributed by atoms with van der Waals surface area (Å²) in [7, 11) is 4.53. The van der Waals surface area contributed by atoms with E-state index in [4.69, 9.17) is 0 Å². The number of thiol groups is 1. The molecule has 0 N–H and O–H groups in total. The van der Waals surface area contributed by atoms with Crippen LogP contribution >= 0.6 is 12.6 Å². The average molecular weight is 242 g/mol. The summed E-state index contributed by atoms with van der Waals surface area (Å²) in [6.45, 7) is 5.12. The number of hydrogen-bond donors (Lipinski definition) is 1. The molecule has 1 heterocycles. The minimum Gasteiger partial charge on any atom is -0.306 e. The highest BCUT2D eigenvalue weighted by Crippen LogP contribution is 2.42.